The molecule has 24 heavy (non-hydrogen) atoms. The van der Waals surface area contributed by atoms with E-state index in [0.717, 1.165) is 23.3 Å². The Morgan fingerprint density at radius 2 is 2.00 bits per heavy atom. The van der Waals surface area contributed by atoms with Gasteiger partial charge in [0, 0.05) is 6.42 Å². The molecule has 0 saturated heterocycles. The standard InChI is InChI=1S/C18H17NO5/c20-17(21)16(14-6-7-15-13(10-14)8-9-23-15)19-18(22)24-11-12-4-2-1-3-5-12/h1-7,10,16H,8-9,11H2,(H,19,22)(H,20,21)/t16-/m1/s1. The summed E-state index contributed by atoms with van der Waals surface area (Å²) in [6.45, 7) is 0.667. The first-order valence-corrected chi connectivity index (χ1v) is 7.59. The van der Waals surface area contributed by atoms with Gasteiger partial charge in [-0.05, 0) is 28.8 Å². The predicted octanol–water partition coefficient (Wildman–Crippen LogP) is 2.67. The third-order valence-electron chi connectivity index (χ3n) is 3.77. The normalized spacial score (nSPS) is 13.5. The Hall–Kier alpha value is -3.02. The highest BCUT2D eigenvalue weighted by Crippen LogP contribution is 2.28. The highest BCUT2D eigenvalue weighted by molar-refractivity contribution is 5.81. The second-order valence-corrected chi connectivity index (χ2v) is 5.44. The largest absolute Gasteiger partial charge is 0.493 e. The predicted molar refractivity (Wildman–Crippen MR) is 85.8 cm³/mol. The molecular weight excluding hydrogens is 310 g/mol. The van der Waals surface area contributed by atoms with Gasteiger partial charge in [0.25, 0.3) is 0 Å². The van der Waals surface area contributed by atoms with Crippen LogP contribution >= 0.6 is 0 Å². The van der Waals surface area contributed by atoms with Crippen LogP contribution in [0.2, 0.25) is 0 Å². The number of aliphatic carboxylic acids is 1. The van der Waals surface area contributed by atoms with Crippen molar-refractivity contribution in [3.63, 3.8) is 0 Å². The first-order valence-electron chi connectivity index (χ1n) is 7.59. The maximum absolute atomic E-state index is 11.9. The number of alkyl carbamates (subject to hydrolysis) is 1. The zero-order valence-electron chi connectivity index (χ0n) is 12.9. The number of rotatable bonds is 5. The van der Waals surface area contributed by atoms with Crippen LogP contribution in [0.3, 0.4) is 0 Å². The van der Waals surface area contributed by atoms with Crippen molar-refractivity contribution in [1.29, 1.82) is 0 Å². The van der Waals surface area contributed by atoms with Gasteiger partial charge >= 0.3 is 12.1 Å². The van der Waals surface area contributed by atoms with Crippen molar-refractivity contribution < 1.29 is 24.2 Å². The van der Waals surface area contributed by atoms with Crippen LogP contribution in [0.4, 0.5) is 4.79 Å². The molecule has 2 aromatic carbocycles. The molecule has 1 heterocycles. The first kappa shape index (κ1) is 15.9. The number of hydrogen-bond acceptors (Lipinski definition) is 4. The van der Waals surface area contributed by atoms with Gasteiger partial charge in [-0.2, -0.15) is 0 Å². The van der Waals surface area contributed by atoms with E-state index in [1.165, 1.54) is 0 Å². The summed E-state index contributed by atoms with van der Waals surface area (Å²) in [6.07, 6.45) is -0.0449. The molecule has 6 nitrogen and oxygen atoms in total. The maximum Gasteiger partial charge on any atom is 0.408 e. The number of nitrogens with one attached hydrogen (secondary N) is 1. The van der Waals surface area contributed by atoms with Gasteiger partial charge in [-0.1, -0.05) is 36.4 Å². The zero-order valence-corrected chi connectivity index (χ0v) is 12.9. The minimum atomic E-state index is -1.17. The maximum atomic E-state index is 11.9. The lowest BCUT2D eigenvalue weighted by Crippen LogP contribution is -2.34. The van der Waals surface area contributed by atoms with Gasteiger partial charge in [-0.25, -0.2) is 9.59 Å². The third-order valence-corrected chi connectivity index (χ3v) is 3.77. The first-order chi connectivity index (χ1) is 11.6. The minimum absolute atomic E-state index is 0.0804. The molecule has 1 amide bonds. The topological polar surface area (TPSA) is 84.9 Å². The quantitative estimate of drug-likeness (QED) is 0.882. The summed E-state index contributed by atoms with van der Waals surface area (Å²) in [5.74, 6) is -0.389. The van der Waals surface area contributed by atoms with Crippen molar-refractivity contribution in [3.05, 3.63) is 65.2 Å². The van der Waals surface area contributed by atoms with Crippen molar-refractivity contribution in [1.82, 2.24) is 5.32 Å². The second-order valence-electron chi connectivity index (χ2n) is 5.44. The number of carbonyl (C=O) groups is 2. The molecule has 2 N–H and O–H groups in total. The SMILES string of the molecule is O=C(N[C@@H](C(=O)O)c1ccc2c(c1)CCO2)OCc1ccccc1. The van der Waals surface area contributed by atoms with Gasteiger partial charge in [0.05, 0.1) is 6.61 Å². The van der Waals surface area contributed by atoms with Crippen LogP contribution in [0.25, 0.3) is 0 Å². The molecule has 1 aliphatic heterocycles. The van der Waals surface area contributed by atoms with Crippen molar-refractivity contribution in [2.24, 2.45) is 0 Å². The molecule has 1 aliphatic rings. The molecule has 0 spiro atoms. The number of carbonyl (C=O) groups excluding carboxylic acids is 1. The van der Waals surface area contributed by atoms with Crippen molar-refractivity contribution in [2.75, 3.05) is 6.61 Å². The number of hydrogen-bond donors (Lipinski definition) is 2. The summed E-state index contributed by atoms with van der Waals surface area (Å²) >= 11 is 0. The van der Waals surface area contributed by atoms with Crippen LogP contribution in [-0.2, 0) is 22.6 Å². The second kappa shape index (κ2) is 7.04. The molecule has 2 aromatic rings. The van der Waals surface area contributed by atoms with Crippen molar-refractivity contribution in [3.8, 4) is 5.75 Å². The highest BCUT2D eigenvalue weighted by atomic mass is 16.5. The lowest BCUT2D eigenvalue weighted by molar-refractivity contribution is -0.139. The Morgan fingerprint density at radius 1 is 1.21 bits per heavy atom. The van der Waals surface area contributed by atoms with Crippen molar-refractivity contribution in [2.45, 2.75) is 19.1 Å². The van der Waals surface area contributed by atoms with E-state index in [4.69, 9.17) is 9.47 Å². The lowest BCUT2D eigenvalue weighted by atomic mass is 10.0. The van der Waals surface area contributed by atoms with E-state index in [1.54, 1.807) is 18.2 Å². The van der Waals surface area contributed by atoms with Gasteiger partial charge in [-0.15, -0.1) is 0 Å². The molecule has 0 unspecified atom stereocenters. The molecule has 3 rings (SSSR count). The third kappa shape index (κ3) is 3.65. The fourth-order valence-corrected chi connectivity index (χ4v) is 2.56. The average Bonchev–Trinajstić information content (AvgIpc) is 3.06. The number of ether oxygens (including phenoxy) is 2. The zero-order chi connectivity index (χ0) is 16.9. The highest BCUT2D eigenvalue weighted by Gasteiger charge is 2.24. The molecule has 0 saturated carbocycles. The molecular formula is C18H17NO5. The Bertz CT molecular complexity index is 744. The number of amides is 1. The molecule has 0 radical (unpaired) electrons. The molecule has 1 atom stereocenters. The summed E-state index contributed by atoms with van der Waals surface area (Å²) in [5.41, 5.74) is 2.26. The van der Waals surface area contributed by atoms with Crippen LogP contribution in [0.1, 0.15) is 22.7 Å². The summed E-state index contributed by atoms with van der Waals surface area (Å²) in [4.78, 5) is 23.4. The van der Waals surface area contributed by atoms with Crippen LogP contribution in [-0.4, -0.2) is 23.8 Å². The van der Waals surface area contributed by atoms with Crippen molar-refractivity contribution >= 4 is 12.1 Å². The van der Waals surface area contributed by atoms with E-state index in [2.05, 4.69) is 5.32 Å². The van der Waals surface area contributed by atoms with Crippen LogP contribution in [0, 0.1) is 0 Å². The summed E-state index contributed by atoms with van der Waals surface area (Å²) < 4.78 is 10.5. The summed E-state index contributed by atoms with van der Waals surface area (Å²) in [5, 5.41) is 11.8. The van der Waals surface area contributed by atoms with Crippen LogP contribution in [0.15, 0.2) is 48.5 Å². The van der Waals surface area contributed by atoms with E-state index in [9.17, 15) is 14.7 Å². The molecule has 0 bridgehead atoms. The molecule has 0 fully saturated rings. The fraction of sp³-hybridized carbons (Fsp3) is 0.222. The van der Waals surface area contributed by atoms with Gasteiger partial charge < -0.3 is 19.9 Å². The van der Waals surface area contributed by atoms with Gasteiger partial charge in [0.1, 0.15) is 12.4 Å². The van der Waals surface area contributed by atoms with Gasteiger partial charge in [-0.3, -0.25) is 0 Å². The summed E-state index contributed by atoms with van der Waals surface area (Å²) in [7, 11) is 0. The molecule has 0 aromatic heterocycles. The molecule has 6 heteroatoms. The fourth-order valence-electron chi connectivity index (χ4n) is 2.56. The van der Waals surface area contributed by atoms with E-state index in [-0.39, 0.29) is 6.61 Å². The Balaban J connectivity index is 1.65. The van der Waals surface area contributed by atoms with Crippen LogP contribution < -0.4 is 10.1 Å². The monoisotopic (exact) mass is 327 g/mol. The Morgan fingerprint density at radius 3 is 2.75 bits per heavy atom. The number of carboxylic acids is 1. The molecule has 0 aliphatic carbocycles. The minimum Gasteiger partial charge on any atom is -0.493 e. The smallest absolute Gasteiger partial charge is 0.408 e. The van der Waals surface area contributed by atoms with E-state index in [0.29, 0.717) is 12.2 Å². The van der Waals surface area contributed by atoms with Gasteiger partial charge in [0.15, 0.2) is 6.04 Å². The Labute approximate surface area is 139 Å². The lowest BCUT2D eigenvalue weighted by Gasteiger charge is -2.15. The Kier molecular flexibility index (Phi) is 4.65. The average molecular weight is 327 g/mol. The number of fused-ring (bicyclic) bond motifs is 1. The number of carboxylic acid groups (broad SMARTS) is 1. The van der Waals surface area contributed by atoms with E-state index in [1.807, 2.05) is 30.3 Å². The summed E-state index contributed by atoms with van der Waals surface area (Å²) in [6, 6.07) is 13.1. The van der Waals surface area contributed by atoms with Crippen LogP contribution in [0.5, 0.6) is 5.75 Å². The van der Waals surface area contributed by atoms with E-state index >= 15 is 0 Å². The van der Waals surface area contributed by atoms with E-state index < -0.39 is 18.1 Å². The number of benzene rings is 2. The van der Waals surface area contributed by atoms with Gasteiger partial charge in [0.2, 0.25) is 0 Å². The molecule has 124 valence electrons.